The Labute approximate surface area is 68.6 Å². The molecular weight excluding hydrogens is 140 g/mol. The predicted molar refractivity (Wildman–Crippen MR) is 44.4 cm³/mol. The van der Waals surface area contributed by atoms with Crippen LogP contribution >= 0.6 is 0 Å². The van der Waals surface area contributed by atoms with Gasteiger partial charge in [-0.15, -0.1) is 0 Å². The highest BCUT2D eigenvalue weighted by Gasteiger charge is 2.29. The molecule has 1 rings (SSSR count). The minimum absolute atomic E-state index is 0.0624. The van der Waals surface area contributed by atoms with Gasteiger partial charge in [-0.1, -0.05) is 0 Å². The fourth-order valence-corrected chi connectivity index (χ4v) is 1.24. The van der Waals surface area contributed by atoms with Gasteiger partial charge in [0.05, 0.1) is 12.2 Å². The zero-order valence-corrected chi connectivity index (χ0v) is 7.42. The Hall–Kier alpha value is -0.0800. The minimum atomic E-state index is -0.0624. The van der Waals surface area contributed by atoms with Crippen molar-refractivity contribution in [1.29, 1.82) is 0 Å². The van der Waals surface area contributed by atoms with Gasteiger partial charge in [-0.2, -0.15) is 0 Å². The van der Waals surface area contributed by atoms with E-state index in [2.05, 4.69) is 0 Å². The average Bonchev–Trinajstić information content (AvgIpc) is 2.81. The summed E-state index contributed by atoms with van der Waals surface area (Å²) in [5, 5.41) is 9.48. The number of methoxy groups -OCH3 is 1. The van der Waals surface area contributed by atoms with Crippen LogP contribution in [0.2, 0.25) is 0 Å². The highest BCUT2D eigenvalue weighted by molar-refractivity contribution is 4.80. The number of aliphatic hydroxyl groups excluding tert-OH is 1. The molecule has 0 amide bonds. The van der Waals surface area contributed by atoms with Gasteiger partial charge in [-0.3, -0.25) is 0 Å². The molecule has 0 aromatic carbocycles. The first kappa shape index (κ1) is 9.01. The molecule has 2 heteroatoms. The first-order chi connectivity index (χ1) is 5.24. The molecule has 2 atom stereocenters. The van der Waals surface area contributed by atoms with Gasteiger partial charge < -0.3 is 9.84 Å². The van der Waals surface area contributed by atoms with Gasteiger partial charge in [0.1, 0.15) is 0 Å². The van der Waals surface area contributed by atoms with Gasteiger partial charge in [0.2, 0.25) is 0 Å². The molecule has 66 valence electrons. The molecule has 0 saturated heterocycles. The van der Waals surface area contributed by atoms with E-state index in [1.54, 1.807) is 7.11 Å². The monoisotopic (exact) mass is 158 g/mol. The maximum atomic E-state index is 9.48. The van der Waals surface area contributed by atoms with Crippen LogP contribution in [0.3, 0.4) is 0 Å². The van der Waals surface area contributed by atoms with Gasteiger partial charge in [-0.05, 0) is 38.5 Å². The van der Waals surface area contributed by atoms with E-state index in [0.717, 1.165) is 12.8 Å². The van der Waals surface area contributed by atoms with Crippen molar-refractivity contribution < 1.29 is 9.84 Å². The zero-order valence-electron chi connectivity index (χ0n) is 7.42. The lowest BCUT2D eigenvalue weighted by atomic mass is 10.1. The van der Waals surface area contributed by atoms with Crippen molar-refractivity contribution in [3.63, 3.8) is 0 Å². The molecule has 1 N–H and O–H groups in total. The third-order valence-corrected chi connectivity index (χ3v) is 2.44. The average molecular weight is 158 g/mol. The molecule has 0 heterocycles. The SMILES string of the molecule is COC(C)CCC(O)C1CC1. The van der Waals surface area contributed by atoms with E-state index < -0.39 is 0 Å². The second kappa shape index (κ2) is 4.07. The van der Waals surface area contributed by atoms with Crippen molar-refractivity contribution in [3.8, 4) is 0 Å². The lowest BCUT2D eigenvalue weighted by Crippen LogP contribution is -2.13. The highest BCUT2D eigenvalue weighted by Crippen LogP contribution is 2.34. The summed E-state index contributed by atoms with van der Waals surface area (Å²) in [4.78, 5) is 0. The van der Waals surface area contributed by atoms with Gasteiger partial charge >= 0.3 is 0 Å². The van der Waals surface area contributed by atoms with Gasteiger partial charge in [0, 0.05) is 7.11 Å². The smallest absolute Gasteiger partial charge is 0.0569 e. The molecule has 2 nitrogen and oxygen atoms in total. The fourth-order valence-electron chi connectivity index (χ4n) is 1.24. The van der Waals surface area contributed by atoms with Crippen molar-refractivity contribution in [3.05, 3.63) is 0 Å². The van der Waals surface area contributed by atoms with Crippen LogP contribution in [0.5, 0.6) is 0 Å². The van der Waals surface area contributed by atoms with E-state index in [1.807, 2.05) is 6.92 Å². The van der Waals surface area contributed by atoms with Gasteiger partial charge in [0.25, 0.3) is 0 Å². The number of aliphatic hydroxyl groups is 1. The summed E-state index contributed by atoms with van der Waals surface area (Å²) in [6.07, 6.45) is 4.56. The van der Waals surface area contributed by atoms with E-state index >= 15 is 0 Å². The third kappa shape index (κ3) is 3.21. The van der Waals surface area contributed by atoms with E-state index in [0.29, 0.717) is 12.0 Å². The summed E-state index contributed by atoms with van der Waals surface area (Å²) in [5.41, 5.74) is 0. The van der Waals surface area contributed by atoms with Crippen molar-refractivity contribution in [2.24, 2.45) is 5.92 Å². The van der Waals surface area contributed by atoms with Crippen molar-refractivity contribution in [2.45, 2.75) is 44.8 Å². The summed E-state index contributed by atoms with van der Waals surface area (Å²) in [6.45, 7) is 2.04. The van der Waals surface area contributed by atoms with Crippen molar-refractivity contribution in [1.82, 2.24) is 0 Å². The van der Waals surface area contributed by atoms with E-state index in [-0.39, 0.29) is 6.10 Å². The molecule has 0 aromatic rings. The van der Waals surface area contributed by atoms with Crippen LogP contribution in [0.1, 0.15) is 32.6 Å². The van der Waals surface area contributed by atoms with Crippen LogP contribution in [-0.4, -0.2) is 24.4 Å². The Balaban J connectivity index is 2.00. The molecule has 0 spiro atoms. The van der Waals surface area contributed by atoms with Crippen LogP contribution in [-0.2, 0) is 4.74 Å². The largest absolute Gasteiger partial charge is 0.393 e. The van der Waals surface area contributed by atoms with E-state index in [1.165, 1.54) is 12.8 Å². The quantitative estimate of drug-likeness (QED) is 0.658. The predicted octanol–water partition coefficient (Wildman–Crippen LogP) is 1.57. The molecule has 0 radical (unpaired) electrons. The third-order valence-electron chi connectivity index (χ3n) is 2.44. The summed E-state index contributed by atoms with van der Waals surface area (Å²) in [5.74, 6) is 0.610. The second-order valence-electron chi connectivity index (χ2n) is 3.53. The number of ether oxygens (including phenoxy) is 1. The maximum absolute atomic E-state index is 9.48. The summed E-state index contributed by atoms with van der Waals surface area (Å²) < 4.78 is 5.09. The van der Waals surface area contributed by atoms with Crippen LogP contribution in [0, 0.1) is 5.92 Å². The molecule has 1 saturated carbocycles. The summed E-state index contributed by atoms with van der Waals surface area (Å²) in [7, 11) is 1.72. The summed E-state index contributed by atoms with van der Waals surface area (Å²) in [6, 6.07) is 0. The number of hydrogen-bond donors (Lipinski definition) is 1. The Kier molecular flexibility index (Phi) is 3.34. The lowest BCUT2D eigenvalue weighted by Gasteiger charge is -2.12. The van der Waals surface area contributed by atoms with Gasteiger partial charge in [0.15, 0.2) is 0 Å². The molecule has 1 aliphatic carbocycles. The number of rotatable bonds is 5. The maximum Gasteiger partial charge on any atom is 0.0569 e. The molecule has 2 unspecified atom stereocenters. The van der Waals surface area contributed by atoms with Gasteiger partial charge in [-0.25, -0.2) is 0 Å². The fraction of sp³-hybridized carbons (Fsp3) is 1.00. The minimum Gasteiger partial charge on any atom is -0.393 e. The molecule has 11 heavy (non-hydrogen) atoms. The first-order valence-corrected chi connectivity index (χ1v) is 4.45. The first-order valence-electron chi connectivity index (χ1n) is 4.45. The van der Waals surface area contributed by atoms with Crippen molar-refractivity contribution in [2.75, 3.05) is 7.11 Å². The molecule has 0 aliphatic heterocycles. The van der Waals surface area contributed by atoms with Crippen molar-refractivity contribution >= 4 is 0 Å². The summed E-state index contributed by atoms with van der Waals surface area (Å²) >= 11 is 0. The topological polar surface area (TPSA) is 29.5 Å². The Bertz CT molecular complexity index is 110. The molecule has 1 aliphatic rings. The zero-order chi connectivity index (χ0) is 8.27. The molecular formula is C9H18O2. The molecule has 0 bridgehead atoms. The standard InChI is InChI=1S/C9H18O2/c1-7(11-2)3-6-9(10)8-4-5-8/h7-10H,3-6H2,1-2H3. The van der Waals surface area contributed by atoms with Crippen LogP contribution in [0.4, 0.5) is 0 Å². The number of hydrogen-bond acceptors (Lipinski definition) is 2. The Morgan fingerprint density at radius 3 is 2.55 bits per heavy atom. The normalized spacial score (nSPS) is 23.2. The Morgan fingerprint density at radius 2 is 2.09 bits per heavy atom. The lowest BCUT2D eigenvalue weighted by molar-refractivity contribution is 0.0782. The van der Waals surface area contributed by atoms with Crippen LogP contribution in [0.15, 0.2) is 0 Å². The second-order valence-corrected chi connectivity index (χ2v) is 3.53. The molecule has 0 aromatic heterocycles. The Morgan fingerprint density at radius 1 is 1.45 bits per heavy atom. The van der Waals surface area contributed by atoms with E-state index in [9.17, 15) is 5.11 Å². The van der Waals surface area contributed by atoms with E-state index in [4.69, 9.17) is 4.74 Å². The van der Waals surface area contributed by atoms with Crippen LogP contribution < -0.4 is 0 Å². The highest BCUT2D eigenvalue weighted by atomic mass is 16.5. The molecule has 1 fully saturated rings. The van der Waals surface area contributed by atoms with Crippen LogP contribution in [0.25, 0.3) is 0 Å².